The summed E-state index contributed by atoms with van der Waals surface area (Å²) in [4.78, 5) is 28.1. The zero-order valence-corrected chi connectivity index (χ0v) is 22.0. The van der Waals surface area contributed by atoms with Crippen LogP contribution in [0.5, 0.6) is 5.75 Å². The van der Waals surface area contributed by atoms with Crippen molar-refractivity contribution < 1.29 is 9.66 Å². The molecule has 0 amide bonds. The van der Waals surface area contributed by atoms with Crippen LogP contribution in [0.2, 0.25) is 0 Å². The van der Waals surface area contributed by atoms with Gasteiger partial charge in [-0.05, 0) is 75.6 Å². The first kappa shape index (κ1) is 24.7. The Hall–Kier alpha value is -3.37. The molecule has 0 unspecified atom stereocenters. The lowest BCUT2D eigenvalue weighted by molar-refractivity contribution is -0.384. The van der Waals surface area contributed by atoms with Crippen LogP contribution in [0.3, 0.4) is 0 Å². The van der Waals surface area contributed by atoms with Gasteiger partial charge < -0.3 is 4.74 Å². The van der Waals surface area contributed by atoms with Gasteiger partial charge in [0.15, 0.2) is 0 Å². The highest BCUT2D eigenvalue weighted by Gasteiger charge is 2.14. The monoisotopic (exact) mass is 598 g/mol. The maximum atomic E-state index is 13.1. The van der Waals surface area contributed by atoms with Crippen molar-refractivity contribution in [2.45, 2.75) is 26.4 Å². The van der Waals surface area contributed by atoms with E-state index in [1.807, 2.05) is 38.1 Å². The largest absolute Gasteiger partial charge is 0.488 e. The first-order valence-electron chi connectivity index (χ1n) is 10.6. The van der Waals surface area contributed by atoms with Crippen molar-refractivity contribution in [1.29, 1.82) is 0 Å². The van der Waals surface area contributed by atoms with Gasteiger partial charge in [0.1, 0.15) is 18.2 Å². The second-order valence-corrected chi connectivity index (χ2v) is 9.82. The van der Waals surface area contributed by atoms with Crippen LogP contribution in [0, 0.1) is 10.1 Å². The number of hydrogen-bond donors (Lipinski definition) is 0. The van der Waals surface area contributed by atoms with Crippen LogP contribution in [0.25, 0.3) is 10.9 Å². The average molecular weight is 600 g/mol. The highest BCUT2D eigenvalue weighted by molar-refractivity contribution is 9.10. The summed E-state index contributed by atoms with van der Waals surface area (Å²) in [5.74, 6) is 1.18. The van der Waals surface area contributed by atoms with E-state index in [9.17, 15) is 14.9 Å². The van der Waals surface area contributed by atoms with E-state index < -0.39 is 4.92 Å². The van der Waals surface area contributed by atoms with Crippen LogP contribution < -0.4 is 10.3 Å². The Labute approximate surface area is 217 Å². The number of rotatable bonds is 7. The number of aromatic nitrogens is 2. The molecule has 10 heteroatoms. The fourth-order valence-corrected chi connectivity index (χ4v) is 4.24. The zero-order chi connectivity index (χ0) is 25.1. The molecule has 178 valence electrons. The van der Waals surface area contributed by atoms with Crippen LogP contribution in [-0.2, 0) is 6.61 Å². The van der Waals surface area contributed by atoms with Crippen LogP contribution in [0.1, 0.15) is 36.7 Å². The molecule has 0 radical (unpaired) electrons. The number of nitrogens with zero attached hydrogens (tertiary/aromatic N) is 4. The molecule has 0 saturated heterocycles. The molecular weight excluding hydrogens is 580 g/mol. The van der Waals surface area contributed by atoms with E-state index >= 15 is 0 Å². The standard InChI is InChI=1S/C25H20Br2N4O4/c1-15(2)24-29-22-9-6-18(26)12-20(22)25(32)30(24)28-13-17-5-10-23(21(27)11-17)35-14-16-3-7-19(8-4-16)31(33)34/h3-13,15H,14H2,1-2H3. The van der Waals surface area contributed by atoms with Crippen molar-refractivity contribution in [3.05, 3.63) is 107 Å². The van der Waals surface area contributed by atoms with Gasteiger partial charge in [0.2, 0.25) is 0 Å². The van der Waals surface area contributed by atoms with E-state index in [1.165, 1.54) is 16.8 Å². The summed E-state index contributed by atoms with van der Waals surface area (Å²) in [5.41, 5.74) is 2.00. The summed E-state index contributed by atoms with van der Waals surface area (Å²) < 4.78 is 8.68. The third kappa shape index (κ3) is 5.66. The molecule has 0 aliphatic carbocycles. The van der Waals surface area contributed by atoms with E-state index in [2.05, 4.69) is 41.9 Å². The maximum absolute atomic E-state index is 13.1. The maximum Gasteiger partial charge on any atom is 0.282 e. The Balaban J connectivity index is 1.56. The van der Waals surface area contributed by atoms with Crippen LogP contribution in [-0.4, -0.2) is 20.8 Å². The fourth-order valence-electron chi connectivity index (χ4n) is 3.37. The van der Waals surface area contributed by atoms with Gasteiger partial charge in [-0.2, -0.15) is 9.78 Å². The second-order valence-electron chi connectivity index (χ2n) is 8.05. The predicted octanol–water partition coefficient (Wildman–Crippen LogP) is 6.41. The van der Waals surface area contributed by atoms with Crippen molar-refractivity contribution >= 4 is 54.7 Å². The molecule has 3 aromatic carbocycles. The highest BCUT2D eigenvalue weighted by atomic mass is 79.9. The lowest BCUT2D eigenvalue weighted by Crippen LogP contribution is -2.23. The number of non-ortho nitro benzene ring substituents is 1. The average Bonchev–Trinajstić information content (AvgIpc) is 2.83. The molecule has 8 nitrogen and oxygen atoms in total. The van der Waals surface area contributed by atoms with Crippen molar-refractivity contribution in [3.8, 4) is 5.75 Å². The van der Waals surface area contributed by atoms with Crippen molar-refractivity contribution in [2.24, 2.45) is 5.10 Å². The number of fused-ring (bicyclic) bond motifs is 1. The van der Waals surface area contributed by atoms with E-state index in [-0.39, 0.29) is 23.8 Å². The molecule has 1 heterocycles. The third-order valence-corrected chi connectivity index (χ3v) is 6.28. The topological polar surface area (TPSA) is 99.6 Å². The van der Waals surface area contributed by atoms with E-state index in [1.54, 1.807) is 30.5 Å². The molecular formula is C25H20Br2N4O4. The Bertz CT molecular complexity index is 1500. The number of nitro groups is 1. The minimum atomic E-state index is -0.438. The van der Waals surface area contributed by atoms with Crippen LogP contribution in [0.15, 0.2) is 79.5 Å². The summed E-state index contributed by atoms with van der Waals surface area (Å²) in [7, 11) is 0. The lowest BCUT2D eigenvalue weighted by Gasteiger charge is -2.12. The molecule has 0 atom stereocenters. The molecule has 0 aliphatic rings. The Morgan fingerprint density at radius 1 is 1.11 bits per heavy atom. The number of halogens is 2. The Morgan fingerprint density at radius 3 is 2.51 bits per heavy atom. The van der Waals surface area contributed by atoms with Crippen LogP contribution >= 0.6 is 31.9 Å². The molecule has 0 fully saturated rings. The molecule has 4 aromatic rings. The predicted molar refractivity (Wildman–Crippen MR) is 142 cm³/mol. The summed E-state index contributed by atoms with van der Waals surface area (Å²) in [6, 6.07) is 17.1. The molecule has 35 heavy (non-hydrogen) atoms. The van der Waals surface area contributed by atoms with E-state index in [0.717, 1.165) is 15.6 Å². The van der Waals surface area contributed by atoms with E-state index in [4.69, 9.17) is 4.74 Å². The van der Waals surface area contributed by atoms with Gasteiger partial charge >= 0.3 is 0 Å². The van der Waals surface area contributed by atoms with Gasteiger partial charge in [0.25, 0.3) is 11.2 Å². The summed E-state index contributed by atoms with van der Waals surface area (Å²) in [5, 5.41) is 15.7. The van der Waals surface area contributed by atoms with Crippen molar-refractivity contribution in [1.82, 2.24) is 9.66 Å². The highest BCUT2D eigenvalue weighted by Crippen LogP contribution is 2.27. The summed E-state index contributed by atoms with van der Waals surface area (Å²) in [6.07, 6.45) is 1.60. The Kier molecular flexibility index (Phi) is 7.42. The minimum Gasteiger partial charge on any atom is -0.488 e. The molecule has 0 spiro atoms. The van der Waals surface area contributed by atoms with Crippen molar-refractivity contribution in [3.63, 3.8) is 0 Å². The smallest absolute Gasteiger partial charge is 0.282 e. The molecule has 0 aliphatic heterocycles. The number of nitro benzene ring substituents is 1. The SMILES string of the molecule is CC(C)c1nc2ccc(Br)cc2c(=O)n1N=Cc1ccc(OCc2ccc([N+](=O)[O-])cc2)c(Br)c1. The molecule has 1 aromatic heterocycles. The van der Waals surface area contributed by atoms with Gasteiger partial charge in [0.05, 0.1) is 26.5 Å². The number of hydrogen-bond acceptors (Lipinski definition) is 6. The zero-order valence-electron chi connectivity index (χ0n) is 18.8. The Morgan fingerprint density at radius 2 is 1.86 bits per heavy atom. The van der Waals surface area contributed by atoms with Crippen molar-refractivity contribution in [2.75, 3.05) is 0 Å². The van der Waals surface area contributed by atoms with Gasteiger partial charge in [-0.3, -0.25) is 14.9 Å². The molecule has 0 saturated carbocycles. The number of ether oxygens (including phenoxy) is 1. The van der Waals surface area contributed by atoms with Gasteiger partial charge in [-0.25, -0.2) is 4.98 Å². The third-order valence-electron chi connectivity index (χ3n) is 5.17. The number of benzene rings is 3. The molecule has 0 N–H and O–H groups in total. The summed E-state index contributed by atoms with van der Waals surface area (Å²) in [6.45, 7) is 4.19. The van der Waals surface area contributed by atoms with E-state index in [0.29, 0.717) is 26.9 Å². The molecule has 4 rings (SSSR count). The molecule has 0 bridgehead atoms. The van der Waals surface area contributed by atoms with Gasteiger partial charge in [-0.15, -0.1) is 0 Å². The minimum absolute atomic E-state index is 0.00479. The lowest BCUT2D eigenvalue weighted by atomic mass is 10.2. The van der Waals surface area contributed by atoms with Gasteiger partial charge in [-0.1, -0.05) is 29.8 Å². The fraction of sp³-hybridized carbons (Fsp3) is 0.160. The second kappa shape index (κ2) is 10.5. The van der Waals surface area contributed by atoms with Gasteiger partial charge in [0, 0.05) is 22.5 Å². The normalized spacial score (nSPS) is 11.5. The first-order valence-corrected chi connectivity index (χ1v) is 12.2. The first-order chi connectivity index (χ1) is 16.7. The quantitative estimate of drug-likeness (QED) is 0.139. The van der Waals surface area contributed by atoms with Crippen LogP contribution in [0.4, 0.5) is 5.69 Å². The summed E-state index contributed by atoms with van der Waals surface area (Å²) >= 11 is 6.92.